The Morgan fingerprint density at radius 2 is 2.19 bits per heavy atom. The van der Waals surface area contributed by atoms with E-state index in [1.165, 1.54) is 12.1 Å². The molecular weight excluding hydrogens is 294 g/mol. The molecule has 8 heteroatoms. The fourth-order valence-corrected chi connectivity index (χ4v) is 2.29. The number of carboxylic acids is 1. The van der Waals surface area contributed by atoms with Crippen molar-refractivity contribution in [2.24, 2.45) is 0 Å². The van der Waals surface area contributed by atoms with Gasteiger partial charge in [-0.1, -0.05) is 0 Å². The summed E-state index contributed by atoms with van der Waals surface area (Å²) in [5.41, 5.74) is 0.954. The summed E-state index contributed by atoms with van der Waals surface area (Å²) in [6.45, 7) is 2.55. The lowest BCUT2D eigenvalue weighted by atomic mass is 10.3. The average Bonchev–Trinajstić information content (AvgIpc) is 3.05. The zero-order chi connectivity index (χ0) is 15.2. The SMILES string of the molecule is Cc1nc(CCNC(=O)NCc2ccc(C(=O)O)o2)cs1. The molecule has 2 aromatic rings. The van der Waals surface area contributed by atoms with Crippen LogP contribution in [0, 0.1) is 6.92 Å². The zero-order valence-electron chi connectivity index (χ0n) is 11.4. The van der Waals surface area contributed by atoms with E-state index in [4.69, 9.17) is 9.52 Å². The van der Waals surface area contributed by atoms with Crippen LogP contribution in [0.4, 0.5) is 4.79 Å². The highest BCUT2D eigenvalue weighted by Gasteiger charge is 2.09. The zero-order valence-corrected chi connectivity index (χ0v) is 12.2. The number of urea groups is 1. The number of nitrogens with zero attached hydrogens (tertiary/aromatic N) is 1. The van der Waals surface area contributed by atoms with Crippen molar-refractivity contribution in [2.75, 3.05) is 6.54 Å². The van der Waals surface area contributed by atoms with Gasteiger partial charge in [0.25, 0.3) is 0 Å². The quantitative estimate of drug-likeness (QED) is 0.754. The molecule has 0 aromatic carbocycles. The number of aromatic nitrogens is 1. The number of hydrogen-bond donors (Lipinski definition) is 3. The van der Waals surface area contributed by atoms with Crippen LogP contribution in [0.3, 0.4) is 0 Å². The Bertz CT molecular complexity index is 635. The molecule has 0 aliphatic heterocycles. The lowest BCUT2D eigenvalue weighted by Gasteiger charge is -2.05. The number of carbonyl (C=O) groups is 2. The van der Waals surface area contributed by atoms with E-state index >= 15 is 0 Å². The summed E-state index contributed by atoms with van der Waals surface area (Å²) < 4.78 is 5.02. The predicted molar refractivity (Wildman–Crippen MR) is 76.5 cm³/mol. The maximum absolute atomic E-state index is 11.6. The van der Waals surface area contributed by atoms with Gasteiger partial charge in [-0.25, -0.2) is 14.6 Å². The van der Waals surface area contributed by atoms with E-state index in [2.05, 4.69) is 15.6 Å². The Hall–Kier alpha value is -2.35. The Morgan fingerprint density at radius 1 is 1.38 bits per heavy atom. The fourth-order valence-electron chi connectivity index (χ4n) is 1.64. The van der Waals surface area contributed by atoms with Gasteiger partial charge >= 0.3 is 12.0 Å². The van der Waals surface area contributed by atoms with E-state index in [9.17, 15) is 9.59 Å². The molecule has 7 nitrogen and oxygen atoms in total. The number of hydrogen-bond acceptors (Lipinski definition) is 5. The summed E-state index contributed by atoms with van der Waals surface area (Å²) in [6.07, 6.45) is 0.668. The van der Waals surface area contributed by atoms with Crippen LogP contribution in [-0.2, 0) is 13.0 Å². The first kappa shape index (κ1) is 15.0. The molecule has 0 aliphatic carbocycles. The Kier molecular flexibility index (Phi) is 4.94. The Balaban J connectivity index is 1.68. The first-order valence-electron chi connectivity index (χ1n) is 6.29. The van der Waals surface area contributed by atoms with Crippen molar-refractivity contribution in [1.82, 2.24) is 15.6 Å². The number of furan rings is 1. The van der Waals surface area contributed by atoms with Crippen molar-refractivity contribution in [2.45, 2.75) is 19.9 Å². The van der Waals surface area contributed by atoms with Crippen LogP contribution in [0.5, 0.6) is 0 Å². The maximum atomic E-state index is 11.6. The topological polar surface area (TPSA) is 104 Å². The van der Waals surface area contributed by atoms with Gasteiger partial charge in [0.15, 0.2) is 0 Å². The molecule has 2 rings (SSSR count). The number of carbonyl (C=O) groups excluding carboxylic acids is 1. The number of rotatable bonds is 6. The second-order valence-corrected chi connectivity index (χ2v) is 5.35. The first-order valence-corrected chi connectivity index (χ1v) is 7.17. The normalized spacial score (nSPS) is 10.3. The minimum absolute atomic E-state index is 0.134. The van der Waals surface area contributed by atoms with Crippen molar-refractivity contribution in [3.05, 3.63) is 39.7 Å². The molecule has 0 radical (unpaired) electrons. The minimum atomic E-state index is -1.13. The third kappa shape index (κ3) is 4.60. The van der Waals surface area contributed by atoms with Gasteiger partial charge in [-0.2, -0.15) is 0 Å². The van der Waals surface area contributed by atoms with Gasteiger partial charge in [-0.15, -0.1) is 11.3 Å². The van der Waals surface area contributed by atoms with Gasteiger partial charge in [-0.05, 0) is 19.1 Å². The van der Waals surface area contributed by atoms with Crippen molar-refractivity contribution in [1.29, 1.82) is 0 Å². The molecule has 3 N–H and O–H groups in total. The van der Waals surface area contributed by atoms with Crippen molar-refractivity contribution >= 4 is 23.3 Å². The first-order chi connectivity index (χ1) is 10.0. The Labute approximate surface area is 125 Å². The largest absolute Gasteiger partial charge is 0.475 e. The molecule has 0 spiro atoms. The molecule has 2 amide bonds. The van der Waals surface area contributed by atoms with Crippen molar-refractivity contribution in [3.8, 4) is 0 Å². The molecule has 112 valence electrons. The Morgan fingerprint density at radius 3 is 2.81 bits per heavy atom. The van der Waals surface area contributed by atoms with Crippen molar-refractivity contribution < 1.29 is 19.1 Å². The smallest absolute Gasteiger partial charge is 0.371 e. The number of thiazole rings is 1. The molecule has 2 aromatic heterocycles. The van der Waals surface area contributed by atoms with E-state index in [1.54, 1.807) is 11.3 Å². The van der Waals surface area contributed by atoms with Gasteiger partial charge in [0.1, 0.15) is 5.76 Å². The van der Waals surface area contributed by atoms with Gasteiger partial charge in [0.05, 0.1) is 17.2 Å². The number of aryl methyl sites for hydroxylation is 1. The van der Waals surface area contributed by atoms with Gasteiger partial charge in [0.2, 0.25) is 5.76 Å². The molecule has 0 bridgehead atoms. The second kappa shape index (κ2) is 6.89. The van der Waals surface area contributed by atoms with Crippen LogP contribution >= 0.6 is 11.3 Å². The fraction of sp³-hybridized carbons (Fsp3) is 0.308. The van der Waals surface area contributed by atoms with Crippen LogP contribution in [0.25, 0.3) is 0 Å². The summed E-state index contributed by atoms with van der Waals surface area (Å²) in [5.74, 6) is -0.895. The number of nitrogens with one attached hydrogen (secondary N) is 2. The van der Waals surface area contributed by atoms with Crippen LogP contribution in [0.2, 0.25) is 0 Å². The van der Waals surface area contributed by atoms with Gasteiger partial charge < -0.3 is 20.2 Å². The minimum Gasteiger partial charge on any atom is -0.475 e. The van der Waals surface area contributed by atoms with Gasteiger partial charge in [-0.3, -0.25) is 0 Å². The summed E-state index contributed by atoms with van der Waals surface area (Å²) in [7, 11) is 0. The number of aromatic carboxylic acids is 1. The molecule has 2 heterocycles. The summed E-state index contributed by atoms with van der Waals surface area (Å²) in [6, 6.07) is 2.53. The molecule has 0 fully saturated rings. The number of amides is 2. The van der Waals surface area contributed by atoms with E-state index < -0.39 is 5.97 Å². The van der Waals surface area contributed by atoms with E-state index in [-0.39, 0.29) is 18.3 Å². The highest BCUT2D eigenvalue weighted by atomic mass is 32.1. The lowest BCUT2D eigenvalue weighted by molar-refractivity contribution is 0.0660. The van der Waals surface area contributed by atoms with Crippen LogP contribution in [0.15, 0.2) is 21.9 Å². The van der Waals surface area contributed by atoms with E-state index in [0.29, 0.717) is 18.7 Å². The highest BCUT2D eigenvalue weighted by Crippen LogP contribution is 2.08. The number of carboxylic acid groups (broad SMARTS) is 1. The monoisotopic (exact) mass is 309 g/mol. The molecule has 0 aliphatic rings. The van der Waals surface area contributed by atoms with Crippen molar-refractivity contribution in [3.63, 3.8) is 0 Å². The third-order valence-corrected chi connectivity index (χ3v) is 3.45. The summed E-state index contributed by atoms with van der Waals surface area (Å²) >= 11 is 1.58. The van der Waals surface area contributed by atoms with Gasteiger partial charge in [0, 0.05) is 18.3 Å². The summed E-state index contributed by atoms with van der Waals surface area (Å²) in [5, 5.41) is 17.0. The van der Waals surface area contributed by atoms with E-state index in [0.717, 1.165) is 10.7 Å². The average molecular weight is 309 g/mol. The predicted octanol–water partition coefficient (Wildman–Crippen LogP) is 1.78. The lowest BCUT2D eigenvalue weighted by Crippen LogP contribution is -2.36. The van der Waals surface area contributed by atoms with E-state index in [1.807, 2.05) is 12.3 Å². The molecule has 21 heavy (non-hydrogen) atoms. The standard InChI is InChI=1S/C13H15N3O4S/c1-8-16-9(7-21-8)4-5-14-13(19)15-6-10-2-3-11(20-10)12(17)18/h2-3,7H,4-6H2,1H3,(H,17,18)(H2,14,15,19). The highest BCUT2D eigenvalue weighted by molar-refractivity contribution is 7.09. The molecule has 0 unspecified atom stereocenters. The second-order valence-electron chi connectivity index (χ2n) is 4.29. The maximum Gasteiger partial charge on any atom is 0.371 e. The third-order valence-electron chi connectivity index (χ3n) is 2.63. The molecule has 0 saturated heterocycles. The molecule has 0 atom stereocenters. The summed E-state index contributed by atoms with van der Waals surface area (Å²) in [4.78, 5) is 26.5. The van der Waals surface area contributed by atoms with Crippen LogP contribution in [0.1, 0.15) is 27.0 Å². The van der Waals surface area contributed by atoms with Crippen LogP contribution in [-0.4, -0.2) is 28.6 Å². The molecule has 0 saturated carbocycles. The van der Waals surface area contributed by atoms with Crippen LogP contribution < -0.4 is 10.6 Å². The molecular formula is C13H15N3O4S.